The summed E-state index contributed by atoms with van der Waals surface area (Å²) in [5, 5.41) is 8.01. The summed E-state index contributed by atoms with van der Waals surface area (Å²) in [7, 11) is 1.71. The average molecular weight is 288 g/mol. The molecule has 0 radical (unpaired) electrons. The molecule has 5 heteroatoms. The lowest BCUT2D eigenvalue weighted by Gasteiger charge is -2.11. The van der Waals surface area contributed by atoms with Crippen LogP contribution in [-0.4, -0.2) is 35.0 Å². The summed E-state index contributed by atoms with van der Waals surface area (Å²) in [6.45, 7) is 6.54. The highest BCUT2D eigenvalue weighted by Crippen LogP contribution is 2.16. The van der Waals surface area contributed by atoms with Gasteiger partial charge in [0.2, 0.25) is 0 Å². The minimum atomic E-state index is 0.714. The van der Waals surface area contributed by atoms with Crippen molar-refractivity contribution < 1.29 is 4.74 Å². The number of ether oxygens (including phenoxy) is 1. The molecule has 0 aliphatic heterocycles. The van der Waals surface area contributed by atoms with E-state index in [0.29, 0.717) is 6.61 Å². The van der Waals surface area contributed by atoms with Gasteiger partial charge >= 0.3 is 0 Å². The van der Waals surface area contributed by atoms with Crippen molar-refractivity contribution in [2.45, 2.75) is 33.2 Å². The number of nitrogens with zero attached hydrogens (tertiary/aromatic N) is 3. The zero-order valence-corrected chi connectivity index (χ0v) is 13.1. The Morgan fingerprint density at radius 2 is 2.00 bits per heavy atom. The molecule has 0 saturated carbocycles. The van der Waals surface area contributed by atoms with E-state index in [4.69, 9.17) is 4.74 Å². The zero-order chi connectivity index (χ0) is 15.1. The van der Waals surface area contributed by atoms with Crippen LogP contribution in [0.1, 0.15) is 31.1 Å². The number of para-hydroxylation sites is 1. The lowest BCUT2D eigenvalue weighted by atomic mass is 10.1. The molecule has 0 aliphatic carbocycles. The van der Waals surface area contributed by atoms with Crippen LogP contribution in [0.2, 0.25) is 0 Å². The normalized spacial score (nSPS) is 11.0. The van der Waals surface area contributed by atoms with Gasteiger partial charge in [0.05, 0.1) is 12.3 Å². The van der Waals surface area contributed by atoms with Gasteiger partial charge in [-0.25, -0.2) is 9.67 Å². The second-order valence-corrected chi connectivity index (χ2v) is 4.86. The molecule has 0 amide bonds. The largest absolute Gasteiger partial charge is 0.383 e. The van der Waals surface area contributed by atoms with Crippen LogP contribution < -0.4 is 5.32 Å². The Kier molecular flexibility index (Phi) is 5.90. The molecule has 1 N–H and O–H groups in total. The first-order valence-corrected chi connectivity index (χ1v) is 7.52. The Morgan fingerprint density at radius 1 is 1.19 bits per heavy atom. The number of aromatic nitrogens is 3. The predicted octanol–water partition coefficient (Wildman–Crippen LogP) is 2.13. The third kappa shape index (κ3) is 3.89. The van der Waals surface area contributed by atoms with Crippen LogP contribution in [0.5, 0.6) is 0 Å². The second kappa shape index (κ2) is 7.90. The van der Waals surface area contributed by atoms with Gasteiger partial charge in [-0.3, -0.25) is 0 Å². The van der Waals surface area contributed by atoms with Gasteiger partial charge in [0, 0.05) is 33.0 Å². The molecular formula is C16H24N4O. The SMILES string of the molecule is CCc1nc(CC)n(-c2ccccc2CNCCOC)n1. The smallest absolute Gasteiger partial charge is 0.151 e. The molecule has 1 aromatic heterocycles. The zero-order valence-electron chi connectivity index (χ0n) is 13.1. The Morgan fingerprint density at radius 3 is 2.71 bits per heavy atom. The first kappa shape index (κ1) is 15.7. The van der Waals surface area contributed by atoms with Crippen LogP contribution in [0.15, 0.2) is 24.3 Å². The molecule has 0 aliphatic rings. The summed E-state index contributed by atoms with van der Waals surface area (Å²) in [6, 6.07) is 8.32. The van der Waals surface area contributed by atoms with E-state index < -0.39 is 0 Å². The van der Waals surface area contributed by atoms with Crippen LogP contribution >= 0.6 is 0 Å². The molecule has 0 saturated heterocycles. The molecule has 0 atom stereocenters. The third-order valence-electron chi connectivity index (χ3n) is 3.37. The van der Waals surface area contributed by atoms with Crippen molar-refractivity contribution in [3.8, 4) is 5.69 Å². The number of methoxy groups -OCH3 is 1. The Labute approximate surface area is 126 Å². The fourth-order valence-corrected chi connectivity index (χ4v) is 2.23. The fourth-order valence-electron chi connectivity index (χ4n) is 2.23. The van der Waals surface area contributed by atoms with Crippen LogP contribution in [-0.2, 0) is 24.1 Å². The maximum Gasteiger partial charge on any atom is 0.151 e. The lowest BCUT2D eigenvalue weighted by molar-refractivity contribution is 0.199. The average Bonchev–Trinajstić information content (AvgIpc) is 2.95. The highest BCUT2D eigenvalue weighted by Gasteiger charge is 2.11. The van der Waals surface area contributed by atoms with E-state index >= 15 is 0 Å². The van der Waals surface area contributed by atoms with Crippen molar-refractivity contribution in [1.82, 2.24) is 20.1 Å². The molecule has 0 fully saturated rings. The van der Waals surface area contributed by atoms with Crippen molar-refractivity contribution in [1.29, 1.82) is 0 Å². The molecule has 114 valence electrons. The van der Waals surface area contributed by atoms with Gasteiger partial charge in [-0.15, -0.1) is 0 Å². The van der Waals surface area contributed by atoms with Crippen molar-refractivity contribution in [3.05, 3.63) is 41.5 Å². The summed E-state index contributed by atoms with van der Waals surface area (Å²) in [5.41, 5.74) is 2.32. The van der Waals surface area contributed by atoms with Gasteiger partial charge in [0.25, 0.3) is 0 Å². The minimum Gasteiger partial charge on any atom is -0.383 e. The Bertz CT molecular complexity index is 565. The molecule has 21 heavy (non-hydrogen) atoms. The molecule has 0 spiro atoms. The molecular weight excluding hydrogens is 264 g/mol. The quantitative estimate of drug-likeness (QED) is 0.756. The topological polar surface area (TPSA) is 52.0 Å². The Balaban J connectivity index is 2.24. The molecule has 1 aromatic carbocycles. The molecule has 0 bridgehead atoms. The molecule has 2 aromatic rings. The lowest BCUT2D eigenvalue weighted by Crippen LogP contribution is -2.20. The van der Waals surface area contributed by atoms with Gasteiger partial charge in [-0.05, 0) is 11.6 Å². The summed E-state index contributed by atoms with van der Waals surface area (Å²) >= 11 is 0. The van der Waals surface area contributed by atoms with Crippen LogP contribution in [0, 0.1) is 0 Å². The molecule has 2 rings (SSSR count). The van der Waals surface area contributed by atoms with Crippen molar-refractivity contribution in [2.75, 3.05) is 20.3 Å². The van der Waals surface area contributed by atoms with E-state index in [-0.39, 0.29) is 0 Å². The summed E-state index contributed by atoms with van der Waals surface area (Å²) < 4.78 is 7.04. The maximum absolute atomic E-state index is 5.06. The highest BCUT2D eigenvalue weighted by atomic mass is 16.5. The second-order valence-electron chi connectivity index (χ2n) is 4.86. The first-order chi connectivity index (χ1) is 10.3. The highest BCUT2D eigenvalue weighted by molar-refractivity contribution is 5.41. The van der Waals surface area contributed by atoms with Gasteiger partial charge in [-0.2, -0.15) is 5.10 Å². The van der Waals surface area contributed by atoms with Gasteiger partial charge in [0.1, 0.15) is 5.82 Å². The fraction of sp³-hybridized carbons (Fsp3) is 0.500. The van der Waals surface area contributed by atoms with E-state index in [0.717, 1.165) is 43.3 Å². The van der Waals surface area contributed by atoms with E-state index in [2.05, 4.69) is 47.4 Å². The summed E-state index contributed by atoms with van der Waals surface area (Å²) in [4.78, 5) is 4.59. The Hall–Kier alpha value is -1.72. The van der Waals surface area contributed by atoms with E-state index in [1.54, 1.807) is 7.11 Å². The van der Waals surface area contributed by atoms with E-state index in [1.807, 2.05) is 10.7 Å². The summed E-state index contributed by atoms with van der Waals surface area (Å²) in [6.07, 6.45) is 1.73. The van der Waals surface area contributed by atoms with Crippen LogP contribution in [0.25, 0.3) is 5.69 Å². The number of aryl methyl sites for hydroxylation is 2. The number of hydrogen-bond donors (Lipinski definition) is 1. The maximum atomic E-state index is 5.06. The van der Waals surface area contributed by atoms with Crippen LogP contribution in [0.4, 0.5) is 0 Å². The minimum absolute atomic E-state index is 0.714. The predicted molar refractivity (Wildman–Crippen MR) is 83.7 cm³/mol. The number of hydrogen-bond acceptors (Lipinski definition) is 4. The van der Waals surface area contributed by atoms with Gasteiger partial charge < -0.3 is 10.1 Å². The number of benzene rings is 1. The molecule has 0 unspecified atom stereocenters. The number of rotatable bonds is 8. The third-order valence-corrected chi connectivity index (χ3v) is 3.37. The van der Waals surface area contributed by atoms with Gasteiger partial charge in [-0.1, -0.05) is 32.0 Å². The monoisotopic (exact) mass is 288 g/mol. The molecule has 1 heterocycles. The summed E-state index contributed by atoms with van der Waals surface area (Å²) in [5.74, 6) is 1.91. The standard InChI is InChI=1S/C16H24N4O/c1-4-15-18-16(5-2)20(19-15)14-9-7-6-8-13(14)12-17-10-11-21-3/h6-9,17H,4-5,10-12H2,1-3H3. The van der Waals surface area contributed by atoms with Crippen molar-refractivity contribution in [3.63, 3.8) is 0 Å². The number of nitrogens with one attached hydrogen (secondary N) is 1. The van der Waals surface area contributed by atoms with E-state index in [1.165, 1.54) is 5.56 Å². The van der Waals surface area contributed by atoms with Crippen LogP contribution in [0.3, 0.4) is 0 Å². The first-order valence-electron chi connectivity index (χ1n) is 7.52. The van der Waals surface area contributed by atoms with Crippen molar-refractivity contribution >= 4 is 0 Å². The molecule has 5 nitrogen and oxygen atoms in total. The van der Waals surface area contributed by atoms with Gasteiger partial charge in [0.15, 0.2) is 5.82 Å². The van der Waals surface area contributed by atoms with Crippen molar-refractivity contribution in [2.24, 2.45) is 0 Å². The van der Waals surface area contributed by atoms with E-state index in [9.17, 15) is 0 Å².